The van der Waals surface area contributed by atoms with Crippen LogP contribution in [0, 0.1) is 6.92 Å². The molecule has 0 aliphatic carbocycles. The molecule has 0 aliphatic rings. The van der Waals surface area contributed by atoms with E-state index in [0.717, 1.165) is 5.56 Å². The van der Waals surface area contributed by atoms with Gasteiger partial charge < -0.3 is 5.32 Å². The second kappa shape index (κ2) is 5.45. The van der Waals surface area contributed by atoms with Gasteiger partial charge in [-0.2, -0.15) is 0 Å². The molecular formula is C11H7Cl3N2OS. The summed E-state index contributed by atoms with van der Waals surface area (Å²) in [5.41, 5.74) is 1.20. The number of carbonyl (C=O) groups excluding carboxylic acids is 1. The quantitative estimate of drug-likeness (QED) is 0.817. The van der Waals surface area contributed by atoms with Gasteiger partial charge >= 0.3 is 0 Å². The fourth-order valence-electron chi connectivity index (χ4n) is 1.36. The molecule has 1 amide bonds. The number of carbonyl (C=O) groups is 1. The van der Waals surface area contributed by atoms with E-state index in [0.29, 0.717) is 14.9 Å². The third-order valence-electron chi connectivity index (χ3n) is 2.18. The molecule has 3 nitrogen and oxygen atoms in total. The lowest BCUT2D eigenvalue weighted by molar-refractivity contribution is 0.103. The second-order valence-electron chi connectivity index (χ2n) is 3.49. The highest BCUT2D eigenvalue weighted by Crippen LogP contribution is 2.28. The van der Waals surface area contributed by atoms with E-state index < -0.39 is 0 Å². The van der Waals surface area contributed by atoms with Crippen molar-refractivity contribution in [2.75, 3.05) is 5.32 Å². The van der Waals surface area contributed by atoms with Gasteiger partial charge in [0, 0.05) is 0 Å². The molecule has 0 fully saturated rings. The number of pyridine rings is 1. The average molecular weight is 322 g/mol. The first-order chi connectivity index (χ1) is 8.47. The summed E-state index contributed by atoms with van der Waals surface area (Å²) >= 11 is 18.7. The van der Waals surface area contributed by atoms with E-state index in [1.54, 1.807) is 25.1 Å². The van der Waals surface area contributed by atoms with Crippen LogP contribution in [0.5, 0.6) is 0 Å². The molecule has 94 valence electrons. The molecule has 2 heterocycles. The molecule has 2 aromatic heterocycles. The number of rotatable bonds is 2. The molecule has 7 heteroatoms. The minimum absolute atomic E-state index is 0.163. The van der Waals surface area contributed by atoms with Gasteiger partial charge in [-0.25, -0.2) is 4.98 Å². The van der Waals surface area contributed by atoms with Crippen molar-refractivity contribution < 1.29 is 4.79 Å². The molecule has 2 aromatic rings. The normalized spacial score (nSPS) is 10.4. The largest absolute Gasteiger partial charge is 0.318 e. The number of aryl methyl sites for hydroxylation is 1. The molecule has 2 rings (SSSR count). The Balaban J connectivity index is 2.27. The Morgan fingerprint density at radius 1 is 1.33 bits per heavy atom. The Morgan fingerprint density at radius 2 is 2.06 bits per heavy atom. The molecular weight excluding hydrogens is 315 g/mol. The third-order valence-corrected chi connectivity index (χ3v) is 3.87. The maximum absolute atomic E-state index is 11.9. The average Bonchev–Trinajstić information content (AvgIpc) is 2.70. The first kappa shape index (κ1) is 13.6. The van der Waals surface area contributed by atoms with Crippen molar-refractivity contribution in [3.05, 3.63) is 43.3 Å². The van der Waals surface area contributed by atoms with Gasteiger partial charge in [0.05, 0.1) is 14.9 Å². The number of amides is 1. The van der Waals surface area contributed by atoms with Crippen LogP contribution in [0.4, 0.5) is 5.69 Å². The van der Waals surface area contributed by atoms with E-state index in [9.17, 15) is 4.79 Å². The number of nitrogens with one attached hydrogen (secondary N) is 1. The first-order valence-electron chi connectivity index (χ1n) is 4.86. The van der Waals surface area contributed by atoms with Crippen LogP contribution in [0.3, 0.4) is 0 Å². The standard InChI is InChI=1S/C11H7Cl3N2OS/c1-5-4-7(12)15-10(14)9(5)16-11(17)6-2-3-8(13)18-6/h2-4H,1H3,(H,16,17). The summed E-state index contributed by atoms with van der Waals surface area (Å²) in [6.45, 7) is 1.79. The van der Waals surface area contributed by atoms with Crippen LogP contribution in [0.2, 0.25) is 14.6 Å². The monoisotopic (exact) mass is 320 g/mol. The topological polar surface area (TPSA) is 42.0 Å². The van der Waals surface area contributed by atoms with Crippen molar-refractivity contribution in [1.82, 2.24) is 4.98 Å². The number of hydrogen-bond acceptors (Lipinski definition) is 3. The van der Waals surface area contributed by atoms with Crippen LogP contribution < -0.4 is 5.32 Å². The predicted octanol–water partition coefficient (Wildman–Crippen LogP) is 4.66. The van der Waals surface area contributed by atoms with Crippen molar-refractivity contribution in [3.63, 3.8) is 0 Å². The lowest BCUT2D eigenvalue weighted by atomic mass is 10.2. The Morgan fingerprint density at radius 3 is 2.61 bits per heavy atom. The van der Waals surface area contributed by atoms with E-state index in [4.69, 9.17) is 34.8 Å². The number of anilines is 1. The summed E-state index contributed by atoms with van der Waals surface area (Å²) in [6.07, 6.45) is 0. The molecule has 0 saturated heterocycles. The molecule has 0 saturated carbocycles. The van der Waals surface area contributed by atoms with Crippen LogP contribution in [-0.2, 0) is 0 Å². The van der Waals surface area contributed by atoms with Gasteiger partial charge in [-0.15, -0.1) is 11.3 Å². The van der Waals surface area contributed by atoms with Crippen LogP contribution >= 0.6 is 46.1 Å². The Kier molecular flexibility index (Phi) is 4.12. The number of aromatic nitrogens is 1. The molecule has 1 N–H and O–H groups in total. The van der Waals surface area contributed by atoms with E-state index >= 15 is 0 Å². The highest BCUT2D eigenvalue weighted by atomic mass is 35.5. The van der Waals surface area contributed by atoms with Crippen LogP contribution in [0.15, 0.2) is 18.2 Å². The van der Waals surface area contributed by atoms with Gasteiger partial charge in [-0.1, -0.05) is 34.8 Å². The van der Waals surface area contributed by atoms with Crippen molar-refractivity contribution in [2.45, 2.75) is 6.92 Å². The van der Waals surface area contributed by atoms with Crippen molar-refractivity contribution >= 4 is 57.7 Å². The SMILES string of the molecule is Cc1cc(Cl)nc(Cl)c1NC(=O)c1ccc(Cl)s1. The van der Waals surface area contributed by atoms with Crippen molar-refractivity contribution in [1.29, 1.82) is 0 Å². The highest BCUT2D eigenvalue weighted by molar-refractivity contribution is 7.18. The fourth-order valence-corrected chi connectivity index (χ4v) is 2.87. The molecule has 0 bridgehead atoms. The Labute approximate surface area is 123 Å². The summed E-state index contributed by atoms with van der Waals surface area (Å²) in [6, 6.07) is 4.94. The summed E-state index contributed by atoms with van der Waals surface area (Å²) in [5.74, 6) is -0.277. The van der Waals surface area contributed by atoms with E-state index in [-0.39, 0.29) is 16.2 Å². The zero-order valence-electron chi connectivity index (χ0n) is 9.13. The van der Waals surface area contributed by atoms with E-state index in [1.165, 1.54) is 11.3 Å². The van der Waals surface area contributed by atoms with Gasteiger partial charge in [0.2, 0.25) is 0 Å². The minimum Gasteiger partial charge on any atom is -0.318 e. The summed E-state index contributed by atoms with van der Waals surface area (Å²) in [5, 5.41) is 3.14. The molecule has 0 atom stereocenters. The van der Waals surface area contributed by atoms with E-state index in [1.807, 2.05) is 0 Å². The number of hydrogen-bond donors (Lipinski definition) is 1. The summed E-state index contributed by atoms with van der Waals surface area (Å²) < 4.78 is 0.553. The highest BCUT2D eigenvalue weighted by Gasteiger charge is 2.14. The zero-order chi connectivity index (χ0) is 13.3. The fraction of sp³-hybridized carbons (Fsp3) is 0.0909. The van der Waals surface area contributed by atoms with Gasteiger partial charge in [-0.3, -0.25) is 4.79 Å². The van der Waals surface area contributed by atoms with Crippen molar-refractivity contribution in [2.24, 2.45) is 0 Å². The second-order valence-corrected chi connectivity index (χ2v) is 5.95. The van der Waals surface area contributed by atoms with Crippen LogP contribution in [0.25, 0.3) is 0 Å². The maximum atomic E-state index is 11.9. The van der Waals surface area contributed by atoms with Gasteiger partial charge in [0.25, 0.3) is 5.91 Å². The number of thiophene rings is 1. The van der Waals surface area contributed by atoms with Crippen molar-refractivity contribution in [3.8, 4) is 0 Å². The van der Waals surface area contributed by atoms with Crippen LogP contribution in [0.1, 0.15) is 15.2 Å². The zero-order valence-corrected chi connectivity index (χ0v) is 12.2. The number of nitrogens with zero attached hydrogens (tertiary/aromatic N) is 1. The third kappa shape index (κ3) is 2.95. The lowest BCUT2D eigenvalue weighted by Gasteiger charge is -2.09. The van der Waals surface area contributed by atoms with E-state index in [2.05, 4.69) is 10.3 Å². The predicted molar refractivity (Wildman–Crippen MR) is 76.3 cm³/mol. The molecule has 18 heavy (non-hydrogen) atoms. The van der Waals surface area contributed by atoms with Gasteiger partial charge in [0.15, 0.2) is 5.15 Å². The molecule has 0 aromatic carbocycles. The maximum Gasteiger partial charge on any atom is 0.265 e. The molecule has 0 aliphatic heterocycles. The smallest absolute Gasteiger partial charge is 0.265 e. The number of halogens is 3. The van der Waals surface area contributed by atoms with Gasteiger partial charge in [0.1, 0.15) is 5.15 Å². The molecule has 0 radical (unpaired) electrons. The van der Waals surface area contributed by atoms with Gasteiger partial charge in [-0.05, 0) is 30.7 Å². The van der Waals surface area contributed by atoms with Crippen LogP contribution in [-0.4, -0.2) is 10.9 Å². The Hall–Kier alpha value is -0.810. The summed E-state index contributed by atoms with van der Waals surface area (Å²) in [4.78, 5) is 16.3. The molecule has 0 unspecified atom stereocenters. The lowest BCUT2D eigenvalue weighted by Crippen LogP contribution is -2.12. The molecule has 0 spiro atoms. The summed E-state index contributed by atoms with van der Waals surface area (Å²) in [7, 11) is 0. The minimum atomic E-state index is -0.277. The first-order valence-corrected chi connectivity index (χ1v) is 6.81. The Bertz CT molecular complexity index is 589.